The van der Waals surface area contributed by atoms with Crippen LogP contribution in [-0.4, -0.2) is 0 Å². The predicted octanol–water partition coefficient (Wildman–Crippen LogP) is 4.13. The van der Waals surface area contributed by atoms with Gasteiger partial charge in [0.25, 0.3) is 0 Å². The first-order valence-electron chi connectivity index (χ1n) is 5.87. The first-order chi connectivity index (χ1) is 9.52. The highest BCUT2D eigenvalue weighted by atomic mass is 79.9. The summed E-state index contributed by atoms with van der Waals surface area (Å²) < 4.78 is 27.9. The standard InChI is InChI=1S/C14H12BrClF2N2/c15-9-5-4-8(11(16)7-9)6-13(20-19)10-2-1-3-12(17)14(10)18/h1-5,7,13,20H,6,19H2. The van der Waals surface area contributed by atoms with Crippen molar-refractivity contribution in [1.82, 2.24) is 5.43 Å². The van der Waals surface area contributed by atoms with Crippen LogP contribution in [-0.2, 0) is 6.42 Å². The van der Waals surface area contributed by atoms with Crippen LogP contribution in [0.4, 0.5) is 8.78 Å². The van der Waals surface area contributed by atoms with Gasteiger partial charge in [-0.1, -0.05) is 45.7 Å². The van der Waals surface area contributed by atoms with Crippen molar-refractivity contribution < 1.29 is 8.78 Å². The van der Waals surface area contributed by atoms with Crippen LogP contribution in [0.25, 0.3) is 0 Å². The third kappa shape index (κ3) is 3.35. The second-order valence-electron chi connectivity index (χ2n) is 4.30. The molecule has 0 aliphatic carbocycles. The van der Waals surface area contributed by atoms with Gasteiger partial charge in [-0.3, -0.25) is 11.3 Å². The highest BCUT2D eigenvalue weighted by Crippen LogP contribution is 2.27. The van der Waals surface area contributed by atoms with Crippen LogP contribution in [0.15, 0.2) is 40.9 Å². The Morgan fingerprint density at radius 1 is 1.25 bits per heavy atom. The molecule has 0 fully saturated rings. The minimum atomic E-state index is -0.899. The predicted molar refractivity (Wildman–Crippen MR) is 79.3 cm³/mol. The maximum atomic E-state index is 13.8. The van der Waals surface area contributed by atoms with Gasteiger partial charge < -0.3 is 0 Å². The number of nitrogens with two attached hydrogens (primary N) is 1. The number of hydrogen-bond acceptors (Lipinski definition) is 2. The molecular formula is C14H12BrClF2N2. The van der Waals surface area contributed by atoms with Gasteiger partial charge in [0.2, 0.25) is 0 Å². The van der Waals surface area contributed by atoms with Crippen molar-refractivity contribution >= 4 is 27.5 Å². The number of halogens is 4. The summed E-state index contributed by atoms with van der Waals surface area (Å²) >= 11 is 9.43. The molecule has 0 aliphatic rings. The van der Waals surface area contributed by atoms with Gasteiger partial charge in [-0.2, -0.15) is 0 Å². The lowest BCUT2D eigenvalue weighted by molar-refractivity contribution is 0.464. The molecule has 20 heavy (non-hydrogen) atoms. The summed E-state index contributed by atoms with van der Waals surface area (Å²) in [5, 5.41) is 0.538. The van der Waals surface area contributed by atoms with Crippen LogP contribution in [0.5, 0.6) is 0 Å². The van der Waals surface area contributed by atoms with Crippen LogP contribution in [0.2, 0.25) is 5.02 Å². The van der Waals surface area contributed by atoms with Crippen molar-refractivity contribution in [1.29, 1.82) is 0 Å². The van der Waals surface area contributed by atoms with Gasteiger partial charge >= 0.3 is 0 Å². The van der Waals surface area contributed by atoms with Gasteiger partial charge in [0.05, 0.1) is 6.04 Å². The van der Waals surface area contributed by atoms with E-state index in [0.29, 0.717) is 11.4 Å². The molecule has 0 saturated heterocycles. The lowest BCUT2D eigenvalue weighted by atomic mass is 9.99. The first-order valence-corrected chi connectivity index (χ1v) is 7.04. The fraction of sp³-hybridized carbons (Fsp3) is 0.143. The molecular weight excluding hydrogens is 350 g/mol. The fourth-order valence-corrected chi connectivity index (χ4v) is 2.71. The van der Waals surface area contributed by atoms with Gasteiger partial charge in [-0.05, 0) is 30.2 Å². The van der Waals surface area contributed by atoms with E-state index in [4.69, 9.17) is 17.4 Å². The van der Waals surface area contributed by atoms with E-state index in [-0.39, 0.29) is 5.56 Å². The van der Waals surface area contributed by atoms with E-state index in [9.17, 15) is 8.78 Å². The zero-order valence-electron chi connectivity index (χ0n) is 10.3. The highest BCUT2D eigenvalue weighted by Gasteiger charge is 2.18. The van der Waals surface area contributed by atoms with Crippen molar-refractivity contribution in [3.8, 4) is 0 Å². The quantitative estimate of drug-likeness (QED) is 0.635. The molecule has 0 bridgehead atoms. The highest BCUT2D eigenvalue weighted by molar-refractivity contribution is 9.10. The van der Waals surface area contributed by atoms with Gasteiger partial charge in [-0.25, -0.2) is 8.78 Å². The van der Waals surface area contributed by atoms with Gasteiger partial charge in [-0.15, -0.1) is 0 Å². The SMILES string of the molecule is NNC(Cc1ccc(Br)cc1Cl)c1cccc(F)c1F. The minimum absolute atomic E-state index is 0.173. The second-order valence-corrected chi connectivity index (χ2v) is 5.63. The maximum absolute atomic E-state index is 13.8. The van der Waals surface area contributed by atoms with Crippen molar-refractivity contribution in [2.24, 2.45) is 5.84 Å². The molecule has 1 atom stereocenters. The second kappa shape index (κ2) is 6.63. The number of hydrazine groups is 1. The molecule has 0 aliphatic heterocycles. The third-order valence-electron chi connectivity index (χ3n) is 3.00. The Morgan fingerprint density at radius 2 is 2.00 bits per heavy atom. The average molecular weight is 362 g/mol. The molecule has 2 rings (SSSR count). The molecule has 0 amide bonds. The van der Waals surface area contributed by atoms with Crippen LogP contribution in [0.3, 0.4) is 0 Å². The minimum Gasteiger partial charge on any atom is -0.271 e. The van der Waals surface area contributed by atoms with E-state index in [1.165, 1.54) is 12.1 Å². The van der Waals surface area contributed by atoms with Crippen molar-refractivity contribution in [2.75, 3.05) is 0 Å². The Hall–Kier alpha value is -1.01. The summed E-state index contributed by atoms with van der Waals surface area (Å²) in [6.07, 6.45) is 0.350. The molecule has 1 unspecified atom stereocenters. The molecule has 2 aromatic rings. The average Bonchev–Trinajstić information content (AvgIpc) is 2.42. The summed E-state index contributed by atoms with van der Waals surface area (Å²) in [5.41, 5.74) is 3.47. The normalized spacial score (nSPS) is 12.4. The number of rotatable bonds is 4. The van der Waals surface area contributed by atoms with E-state index in [2.05, 4.69) is 21.4 Å². The first kappa shape index (κ1) is 15.4. The number of nitrogens with one attached hydrogen (secondary N) is 1. The maximum Gasteiger partial charge on any atom is 0.163 e. The molecule has 0 spiro atoms. The Labute approximate surface area is 129 Å². The Kier molecular flexibility index (Phi) is 5.10. The molecule has 6 heteroatoms. The summed E-state index contributed by atoms with van der Waals surface area (Å²) in [5.74, 6) is 3.66. The van der Waals surface area contributed by atoms with Gasteiger partial charge in [0.1, 0.15) is 0 Å². The molecule has 0 aromatic heterocycles. The van der Waals surface area contributed by atoms with Gasteiger partial charge in [0.15, 0.2) is 11.6 Å². The lowest BCUT2D eigenvalue weighted by Gasteiger charge is -2.18. The summed E-state index contributed by atoms with van der Waals surface area (Å²) in [6.45, 7) is 0. The molecule has 106 valence electrons. The summed E-state index contributed by atoms with van der Waals surface area (Å²) in [6, 6.07) is 8.83. The summed E-state index contributed by atoms with van der Waals surface area (Å²) in [7, 11) is 0. The zero-order chi connectivity index (χ0) is 14.7. The van der Waals surface area contributed by atoms with E-state index < -0.39 is 17.7 Å². The van der Waals surface area contributed by atoms with E-state index >= 15 is 0 Å². The van der Waals surface area contributed by atoms with E-state index in [1.54, 1.807) is 6.07 Å². The third-order valence-corrected chi connectivity index (χ3v) is 3.84. The Balaban J connectivity index is 2.31. The monoisotopic (exact) mass is 360 g/mol. The van der Waals surface area contributed by atoms with E-state index in [0.717, 1.165) is 16.1 Å². The van der Waals surface area contributed by atoms with E-state index in [1.807, 2.05) is 12.1 Å². The Morgan fingerprint density at radius 3 is 2.65 bits per heavy atom. The zero-order valence-corrected chi connectivity index (χ0v) is 12.7. The molecule has 2 aromatic carbocycles. The van der Waals surface area contributed by atoms with Crippen molar-refractivity contribution in [3.05, 3.63) is 68.7 Å². The molecule has 2 nitrogen and oxygen atoms in total. The number of hydrogen-bond donors (Lipinski definition) is 2. The van der Waals surface area contributed by atoms with Crippen molar-refractivity contribution in [2.45, 2.75) is 12.5 Å². The number of benzene rings is 2. The summed E-state index contributed by atoms with van der Waals surface area (Å²) in [4.78, 5) is 0. The van der Waals surface area contributed by atoms with Crippen molar-refractivity contribution in [3.63, 3.8) is 0 Å². The Bertz CT molecular complexity index is 622. The lowest BCUT2D eigenvalue weighted by Crippen LogP contribution is -2.30. The van der Waals surface area contributed by atoms with Crippen LogP contribution in [0.1, 0.15) is 17.2 Å². The molecule has 3 N–H and O–H groups in total. The fourth-order valence-electron chi connectivity index (χ4n) is 1.96. The smallest absolute Gasteiger partial charge is 0.163 e. The molecule has 0 saturated carbocycles. The molecule has 0 heterocycles. The largest absolute Gasteiger partial charge is 0.271 e. The van der Waals surface area contributed by atoms with Crippen LogP contribution >= 0.6 is 27.5 Å². The topological polar surface area (TPSA) is 38.0 Å². The van der Waals surface area contributed by atoms with Crippen LogP contribution in [0, 0.1) is 11.6 Å². The molecule has 0 radical (unpaired) electrons. The van der Waals surface area contributed by atoms with Crippen LogP contribution < -0.4 is 11.3 Å². The van der Waals surface area contributed by atoms with Gasteiger partial charge in [0, 0.05) is 15.1 Å².